The topological polar surface area (TPSA) is 105 Å². The van der Waals surface area contributed by atoms with Crippen LogP contribution in [0.1, 0.15) is 64.2 Å². The molecule has 0 spiro atoms. The van der Waals surface area contributed by atoms with Crippen molar-refractivity contribution in [2.75, 3.05) is 0 Å². The largest absolute Gasteiger partial charge is 0.550 e. The molecular weight excluding hydrogens is 324 g/mol. The molecule has 2 saturated carbocycles. The zero-order chi connectivity index (χ0) is 17.6. The zero-order valence-corrected chi connectivity index (χ0v) is 14.5. The fourth-order valence-electron chi connectivity index (χ4n) is 5.35. The minimum absolute atomic E-state index is 0.106. The Bertz CT molecular complexity index is 516. The van der Waals surface area contributed by atoms with Crippen molar-refractivity contribution in [2.24, 2.45) is 17.3 Å². The summed E-state index contributed by atoms with van der Waals surface area (Å²) in [6.45, 7) is 0. The minimum atomic E-state index is -1.19. The van der Waals surface area contributed by atoms with Crippen LogP contribution in [0.4, 0.5) is 0 Å². The summed E-state index contributed by atoms with van der Waals surface area (Å²) < 4.78 is 11.1. The normalized spacial score (nSPS) is 41.1. The molecule has 0 bridgehead atoms. The van der Waals surface area contributed by atoms with Gasteiger partial charge in [-0.15, -0.1) is 0 Å². The number of carboxylic acids is 2. The third-order valence-electron chi connectivity index (χ3n) is 6.82. The Balaban J connectivity index is 1.46. The van der Waals surface area contributed by atoms with Crippen LogP contribution in [0.15, 0.2) is 0 Å². The summed E-state index contributed by atoms with van der Waals surface area (Å²) in [5.41, 5.74) is -1.07. The van der Waals surface area contributed by atoms with Crippen molar-refractivity contribution in [2.45, 2.75) is 88.6 Å². The number of carboxylic acid groups (broad SMARTS) is 2. The Morgan fingerprint density at radius 1 is 0.840 bits per heavy atom. The van der Waals surface area contributed by atoms with E-state index in [1.165, 1.54) is 0 Å². The van der Waals surface area contributed by atoms with Crippen LogP contribution < -0.4 is 10.2 Å². The number of ether oxygens (including phenoxy) is 2. The van der Waals surface area contributed by atoms with Gasteiger partial charge in [0.05, 0.1) is 24.4 Å². The third kappa shape index (κ3) is 3.85. The highest BCUT2D eigenvalue weighted by molar-refractivity contribution is 5.74. The van der Waals surface area contributed by atoms with Crippen LogP contribution in [0.25, 0.3) is 0 Å². The molecule has 0 aromatic heterocycles. The van der Waals surface area contributed by atoms with E-state index in [0.29, 0.717) is 25.0 Å². The summed E-state index contributed by atoms with van der Waals surface area (Å²) in [5.74, 6) is -1.73. The van der Waals surface area contributed by atoms with E-state index in [4.69, 9.17) is 9.47 Å². The standard InChI is InChI=1S/C19H28O6/c20-17(21)5-6-19(18(22)23,9-11-1-3-13-15(7-11)24-13)10-12-2-4-14-16(8-12)25-14/h11-16H,1-10H2,(H,20,21)(H,22,23)/p-2. The van der Waals surface area contributed by atoms with Gasteiger partial charge in [-0.2, -0.15) is 0 Å². The van der Waals surface area contributed by atoms with Gasteiger partial charge in [-0.3, -0.25) is 0 Å². The summed E-state index contributed by atoms with van der Waals surface area (Å²) in [6.07, 6.45) is 7.88. The summed E-state index contributed by atoms with van der Waals surface area (Å²) >= 11 is 0. The number of hydrogen-bond donors (Lipinski definition) is 0. The molecule has 140 valence electrons. The molecule has 2 saturated heterocycles. The van der Waals surface area contributed by atoms with Crippen molar-refractivity contribution in [1.82, 2.24) is 0 Å². The average molecular weight is 350 g/mol. The van der Waals surface area contributed by atoms with Gasteiger partial charge in [0.2, 0.25) is 0 Å². The molecule has 0 radical (unpaired) electrons. The van der Waals surface area contributed by atoms with E-state index in [1.54, 1.807) is 0 Å². The maximum Gasteiger partial charge on any atom is 0.0844 e. The molecule has 6 nitrogen and oxygen atoms in total. The number of aliphatic carboxylic acids is 2. The van der Waals surface area contributed by atoms with Gasteiger partial charge >= 0.3 is 0 Å². The van der Waals surface area contributed by atoms with E-state index in [1.807, 2.05) is 0 Å². The van der Waals surface area contributed by atoms with Crippen LogP contribution in [0.2, 0.25) is 0 Å². The second-order valence-corrected chi connectivity index (χ2v) is 8.63. The molecule has 0 aromatic rings. The average Bonchev–Trinajstić information content (AvgIpc) is 3.45. The summed E-state index contributed by atoms with van der Waals surface area (Å²) in [5, 5.41) is 23.2. The molecule has 4 fully saturated rings. The Morgan fingerprint density at radius 3 is 1.76 bits per heavy atom. The van der Waals surface area contributed by atoms with Gasteiger partial charge in [0.1, 0.15) is 0 Å². The number of carbonyl (C=O) groups excluding carboxylic acids is 2. The molecular formula is C19H26O6-2. The van der Waals surface area contributed by atoms with Crippen molar-refractivity contribution in [3.63, 3.8) is 0 Å². The van der Waals surface area contributed by atoms with E-state index >= 15 is 0 Å². The molecule has 4 aliphatic rings. The summed E-state index contributed by atoms with van der Waals surface area (Å²) in [4.78, 5) is 23.2. The van der Waals surface area contributed by atoms with Crippen LogP contribution in [0.3, 0.4) is 0 Å². The van der Waals surface area contributed by atoms with Gasteiger partial charge in [-0.25, -0.2) is 0 Å². The quantitative estimate of drug-likeness (QED) is 0.578. The Kier molecular flexibility index (Phi) is 4.52. The van der Waals surface area contributed by atoms with E-state index in [9.17, 15) is 19.8 Å². The molecule has 2 aliphatic carbocycles. The lowest BCUT2D eigenvalue weighted by Crippen LogP contribution is -2.46. The highest BCUT2D eigenvalue weighted by Gasteiger charge is 2.48. The highest BCUT2D eigenvalue weighted by Crippen LogP contribution is 2.49. The van der Waals surface area contributed by atoms with Crippen LogP contribution in [0, 0.1) is 17.3 Å². The van der Waals surface area contributed by atoms with Crippen molar-refractivity contribution in [3.8, 4) is 0 Å². The number of fused-ring (bicyclic) bond motifs is 2. The molecule has 6 heteroatoms. The molecule has 2 heterocycles. The van der Waals surface area contributed by atoms with Crippen LogP contribution in [-0.4, -0.2) is 36.4 Å². The van der Waals surface area contributed by atoms with Gasteiger partial charge in [0.15, 0.2) is 0 Å². The molecule has 25 heavy (non-hydrogen) atoms. The molecule has 6 atom stereocenters. The first-order chi connectivity index (χ1) is 11.9. The van der Waals surface area contributed by atoms with E-state index in [2.05, 4.69) is 0 Å². The maximum absolute atomic E-state index is 12.2. The highest BCUT2D eigenvalue weighted by atomic mass is 16.6. The monoisotopic (exact) mass is 350 g/mol. The molecule has 2 aliphatic heterocycles. The zero-order valence-electron chi connectivity index (χ0n) is 14.5. The van der Waals surface area contributed by atoms with Gasteiger partial charge in [-0.05, 0) is 76.0 Å². The Morgan fingerprint density at radius 2 is 1.36 bits per heavy atom. The van der Waals surface area contributed by atoms with Crippen LogP contribution in [-0.2, 0) is 19.1 Å². The van der Waals surface area contributed by atoms with E-state index < -0.39 is 17.4 Å². The first-order valence-corrected chi connectivity index (χ1v) is 9.67. The second kappa shape index (κ2) is 6.54. The van der Waals surface area contributed by atoms with Gasteiger partial charge in [0, 0.05) is 17.4 Å². The first-order valence-electron chi connectivity index (χ1n) is 9.67. The smallest absolute Gasteiger partial charge is 0.0844 e. The summed E-state index contributed by atoms with van der Waals surface area (Å²) in [6, 6.07) is 0. The minimum Gasteiger partial charge on any atom is -0.550 e. The number of hydrogen-bond acceptors (Lipinski definition) is 6. The van der Waals surface area contributed by atoms with E-state index in [-0.39, 0.29) is 36.9 Å². The molecule has 0 N–H and O–H groups in total. The van der Waals surface area contributed by atoms with Crippen molar-refractivity contribution >= 4 is 11.9 Å². The predicted molar refractivity (Wildman–Crippen MR) is 82.9 cm³/mol. The molecule has 0 aromatic carbocycles. The third-order valence-corrected chi connectivity index (χ3v) is 6.82. The van der Waals surface area contributed by atoms with Gasteiger partial charge in [-0.1, -0.05) is 0 Å². The number of epoxide rings is 2. The maximum atomic E-state index is 12.2. The lowest BCUT2D eigenvalue weighted by atomic mass is 9.66. The lowest BCUT2D eigenvalue weighted by molar-refractivity contribution is -0.323. The summed E-state index contributed by atoms with van der Waals surface area (Å²) in [7, 11) is 0. The number of carbonyl (C=O) groups is 2. The van der Waals surface area contributed by atoms with Gasteiger partial charge in [0.25, 0.3) is 0 Å². The molecule has 0 amide bonds. The predicted octanol–water partition coefficient (Wildman–Crippen LogP) is 0.168. The van der Waals surface area contributed by atoms with Crippen LogP contribution in [0.5, 0.6) is 0 Å². The SMILES string of the molecule is O=C([O-])CCC(CC1CCC2OC2C1)(CC1CCC2OC2C1)C(=O)[O-]. The second-order valence-electron chi connectivity index (χ2n) is 8.63. The lowest BCUT2D eigenvalue weighted by Gasteiger charge is -2.41. The number of rotatable bonds is 8. The Hall–Kier alpha value is -1.14. The van der Waals surface area contributed by atoms with Crippen molar-refractivity contribution in [3.05, 3.63) is 0 Å². The first kappa shape index (κ1) is 17.3. The Labute approximate surface area is 147 Å². The van der Waals surface area contributed by atoms with Crippen molar-refractivity contribution in [1.29, 1.82) is 0 Å². The molecule has 6 unspecified atom stereocenters. The van der Waals surface area contributed by atoms with E-state index in [0.717, 1.165) is 38.5 Å². The van der Waals surface area contributed by atoms with Gasteiger partial charge < -0.3 is 29.3 Å². The molecule has 4 rings (SSSR count). The van der Waals surface area contributed by atoms with Crippen LogP contribution >= 0.6 is 0 Å². The van der Waals surface area contributed by atoms with Crippen molar-refractivity contribution < 1.29 is 29.3 Å². The fraction of sp³-hybridized carbons (Fsp3) is 0.895. The fourth-order valence-corrected chi connectivity index (χ4v) is 5.35.